The molecule has 8 heteroatoms. The van der Waals surface area contributed by atoms with Gasteiger partial charge >= 0.3 is 0 Å². The van der Waals surface area contributed by atoms with E-state index in [1.807, 2.05) is 0 Å². The molecule has 0 saturated heterocycles. The Morgan fingerprint density at radius 3 is 2.61 bits per heavy atom. The fourth-order valence-corrected chi connectivity index (χ4v) is 3.45. The van der Waals surface area contributed by atoms with Crippen LogP contribution in [0, 0.1) is 0 Å². The zero-order valence-corrected chi connectivity index (χ0v) is 12.2. The summed E-state index contributed by atoms with van der Waals surface area (Å²) in [5.41, 5.74) is 0. The quantitative estimate of drug-likeness (QED) is 0.720. The lowest BCUT2D eigenvalue weighted by atomic mass is 10.4. The van der Waals surface area contributed by atoms with Gasteiger partial charge in [-0.2, -0.15) is 0 Å². The van der Waals surface area contributed by atoms with Gasteiger partial charge in [-0.15, -0.1) is 11.3 Å². The molecule has 1 aromatic rings. The van der Waals surface area contributed by atoms with Gasteiger partial charge in [-0.25, -0.2) is 12.7 Å². The number of likely N-dealkylation sites (N-methyl/N-ethyl adjacent to an activating group) is 1. The monoisotopic (exact) mass is 291 g/mol. The van der Waals surface area contributed by atoms with Crippen LogP contribution in [0.5, 0.6) is 0 Å². The Balaban J connectivity index is 2.93. The van der Waals surface area contributed by atoms with E-state index in [0.29, 0.717) is 13.1 Å². The maximum Gasteiger partial charge on any atom is 0.262 e. The molecule has 102 valence electrons. The van der Waals surface area contributed by atoms with Gasteiger partial charge in [-0.3, -0.25) is 4.79 Å². The summed E-state index contributed by atoms with van der Waals surface area (Å²) in [6.07, 6.45) is 0. The first-order chi connectivity index (χ1) is 8.41. The third-order valence-corrected chi connectivity index (χ3v) is 5.15. The molecule has 0 atom stereocenters. The van der Waals surface area contributed by atoms with Gasteiger partial charge in [0.15, 0.2) is 0 Å². The van der Waals surface area contributed by atoms with E-state index in [0.717, 1.165) is 15.6 Å². The number of hydrogen-bond donors (Lipinski definition) is 2. The fraction of sp³-hybridized carbons (Fsp3) is 0.500. The molecule has 1 aromatic heterocycles. The Bertz CT molecular complexity index is 508. The Kier molecular flexibility index (Phi) is 5.27. The van der Waals surface area contributed by atoms with E-state index in [-0.39, 0.29) is 15.7 Å². The molecular weight excluding hydrogens is 274 g/mol. The first-order valence-corrected chi connectivity index (χ1v) is 7.66. The van der Waals surface area contributed by atoms with Gasteiger partial charge in [0.2, 0.25) is 10.0 Å². The van der Waals surface area contributed by atoms with E-state index in [1.54, 1.807) is 12.4 Å². The second-order valence-electron chi connectivity index (χ2n) is 3.76. The van der Waals surface area contributed by atoms with Gasteiger partial charge in [0.05, 0.1) is 0 Å². The number of nitrogens with zero attached hydrogens (tertiary/aromatic N) is 1. The number of rotatable bonds is 6. The van der Waals surface area contributed by atoms with Crippen LogP contribution in [-0.2, 0) is 10.0 Å². The first-order valence-electron chi connectivity index (χ1n) is 5.34. The maximum absolute atomic E-state index is 12.0. The van der Waals surface area contributed by atoms with Crippen molar-refractivity contribution in [3.63, 3.8) is 0 Å². The third kappa shape index (κ3) is 3.29. The molecule has 0 unspecified atom stereocenters. The molecule has 0 aliphatic heterocycles. The molecule has 0 spiro atoms. The van der Waals surface area contributed by atoms with Crippen LogP contribution in [0.15, 0.2) is 16.3 Å². The van der Waals surface area contributed by atoms with Gasteiger partial charge in [-0.05, 0) is 18.5 Å². The van der Waals surface area contributed by atoms with E-state index in [4.69, 9.17) is 0 Å². The van der Waals surface area contributed by atoms with Crippen LogP contribution in [0.2, 0.25) is 0 Å². The molecule has 0 bridgehead atoms. The number of nitrogens with one attached hydrogen (secondary N) is 2. The summed E-state index contributed by atoms with van der Waals surface area (Å²) in [6, 6.07) is 1.45. The van der Waals surface area contributed by atoms with E-state index in [1.165, 1.54) is 20.2 Å². The van der Waals surface area contributed by atoms with Crippen LogP contribution in [0.1, 0.15) is 9.67 Å². The van der Waals surface area contributed by atoms with Crippen LogP contribution >= 0.6 is 11.3 Å². The van der Waals surface area contributed by atoms with E-state index < -0.39 is 10.0 Å². The summed E-state index contributed by atoms with van der Waals surface area (Å²) < 4.78 is 25.1. The molecule has 0 aliphatic carbocycles. The zero-order chi connectivity index (χ0) is 13.8. The number of carbonyl (C=O) groups is 1. The average molecular weight is 291 g/mol. The second kappa shape index (κ2) is 6.28. The standard InChI is InChI=1S/C10H17N3O3S2/c1-11-5-6-12-10(14)9-8(4-7-17-9)18(15,16)13(2)3/h4,7,11H,5-6H2,1-3H3,(H,12,14). The summed E-state index contributed by atoms with van der Waals surface area (Å²) >= 11 is 1.12. The van der Waals surface area contributed by atoms with Gasteiger partial charge in [0.25, 0.3) is 5.91 Å². The zero-order valence-electron chi connectivity index (χ0n) is 10.6. The second-order valence-corrected chi connectivity index (χ2v) is 6.80. The summed E-state index contributed by atoms with van der Waals surface area (Å²) in [6.45, 7) is 1.08. The third-order valence-electron chi connectivity index (χ3n) is 2.25. The molecule has 6 nitrogen and oxygen atoms in total. The maximum atomic E-state index is 12.0. The van der Waals surface area contributed by atoms with Crippen molar-refractivity contribution in [2.45, 2.75) is 4.90 Å². The van der Waals surface area contributed by atoms with Crippen LogP contribution < -0.4 is 10.6 Å². The lowest BCUT2D eigenvalue weighted by Crippen LogP contribution is -2.31. The molecule has 18 heavy (non-hydrogen) atoms. The highest BCUT2D eigenvalue weighted by atomic mass is 32.2. The van der Waals surface area contributed by atoms with E-state index >= 15 is 0 Å². The topological polar surface area (TPSA) is 78.5 Å². The van der Waals surface area contributed by atoms with Crippen molar-refractivity contribution in [3.05, 3.63) is 16.3 Å². The highest BCUT2D eigenvalue weighted by Gasteiger charge is 2.25. The normalized spacial score (nSPS) is 11.8. The minimum absolute atomic E-state index is 0.0551. The van der Waals surface area contributed by atoms with Crippen molar-refractivity contribution < 1.29 is 13.2 Å². The molecule has 0 aromatic carbocycles. The molecule has 2 N–H and O–H groups in total. The fourth-order valence-electron chi connectivity index (χ4n) is 1.24. The molecule has 1 amide bonds. The molecular formula is C10H17N3O3S2. The predicted molar refractivity (Wildman–Crippen MR) is 71.5 cm³/mol. The van der Waals surface area contributed by atoms with Crippen LogP contribution in [0.3, 0.4) is 0 Å². The van der Waals surface area contributed by atoms with Crippen molar-refractivity contribution >= 4 is 27.3 Å². The highest BCUT2D eigenvalue weighted by molar-refractivity contribution is 7.89. The smallest absolute Gasteiger partial charge is 0.262 e. The largest absolute Gasteiger partial charge is 0.350 e. The van der Waals surface area contributed by atoms with Gasteiger partial charge in [-0.1, -0.05) is 0 Å². The lowest BCUT2D eigenvalue weighted by molar-refractivity contribution is 0.0955. The molecule has 1 heterocycles. The Labute approximate surface area is 111 Å². The van der Waals surface area contributed by atoms with Gasteiger partial charge in [0.1, 0.15) is 9.77 Å². The van der Waals surface area contributed by atoms with E-state index in [2.05, 4.69) is 10.6 Å². The summed E-state index contributed by atoms with van der Waals surface area (Å²) in [7, 11) is 1.08. The van der Waals surface area contributed by atoms with E-state index in [9.17, 15) is 13.2 Å². The number of thiophene rings is 1. The predicted octanol–water partition coefficient (Wildman–Crippen LogP) is -0.0524. The van der Waals surface area contributed by atoms with Gasteiger partial charge in [0, 0.05) is 27.2 Å². The van der Waals surface area contributed by atoms with Crippen molar-refractivity contribution in [2.24, 2.45) is 0 Å². The highest BCUT2D eigenvalue weighted by Crippen LogP contribution is 2.23. The number of hydrogen-bond acceptors (Lipinski definition) is 5. The number of carbonyl (C=O) groups excluding carboxylic acids is 1. The molecule has 0 aliphatic rings. The Hall–Kier alpha value is -0.960. The van der Waals surface area contributed by atoms with Crippen LogP contribution in [0.25, 0.3) is 0 Å². The van der Waals surface area contributed by atoms with Crippen molar-refractivity contribution in [2.75, 3.05) is 34.2 Å². The first kappa shape index (κ1) is 15.1. The minimum atomic E-state index is -3.57. The molecule has 0 radical (unpaired) electrons. The Morgan fingerprint density at radius 2 is 2.06 bits per heavy atom. The van der Waals surface area contributed by atoms with Crippen molar-refractivity contribution in [3.8, 4) is 0 Å². The molecule has 1 rings (SSSR count). The average Bonchev–Trinajstić information content (AvgIpc) is 2.78. The summed E-state index contributed by atoms with van der Waals surface area (Å²) in [5.74, 6) is -0.360. The van der Waals surface area contributed by atoms with Gasteiger partial charge < -0.3 is 10.6 Å². The Morgan fingerprint density at radius 1 is 1.39 bits per heavy atom. The van der Waals surface area contributed by atoms with Crippen molar-refractivity contribution in [1.82, 2.24) is 14.9 Å². The molecule has 0 saturated carbocycles. The summed E-state index contributed by atoms with van der Waals surface area (Å²) in [4.78, 5) is 12.1. The van der Waals surface area contributed by atoms with Crippen molar-refractivity contribution in [1.29, 1.82) is 0 Å². The number of sulfonamides is 1. The SMILES string of the molecule is CNCCNC(=O)c1sccc1S(=O)(=O)N(C)C. The minimum Gasteiger partial charge on any atom is -0.350 e. The number of amides is 1. The summed E-state index contributed by atoms with van der Waals surface area (Å²) in [5, 5.41) is 7.16. The lowest BCUT2D eigenvalue weighted by Gasteiger charge is -2.11. The molecule has 0 fully saturated rings. The van der Waals surface area contributed by atoms with Crippen LogP contribution in [-0.4, -0.2) is 52.9 Å². The van der Waals surface area contributed by atoms with Crippen LogP contribution in [0.4, 0.5) is 0 Å².